The molecule has 2 aromatic rings. The molecule has 0 bridgehead atoms. The van der Waals surface area contributed by atoms with Crippen molar-refractivity contribution >= 4 is 51.8 Å². The van der Waals surface area contributed by atoms with Crippen LogP contribution in [0.25, 0.3) is 0 Å². The highest BCUT2D eigenvalue weighted by molar-refractivity contribution is 7.99. The Balaban J connectivity index is 1.78. The van der Waals surface area contributed by atoms with E-state index in [-0.39, 0.29) is 30.0 Å². The van der Waals surface area contributed by atoms with E-state index < -0.39 is 0 Å². The van der Waals surface area contributed by atoms with Crippen molar-refractivity contribution in [2.75, 3.05) is 23.0 Å². The average molecular weight is 409 g/mol. The number of ether oxygens (including phenoxy) is 1. The van der Waals surface area contributed by atoms with Crippen LogP contribution in [0.5, 0.6) is 0 Å². The first-order valence-corrected chi connectivity index (χ1v) is 10.0. The minimum atomic E-state index is -0.353. The zero-order valence-corrected chi connectivity index (χ0v) is 16.5. The number of nitrogens with one attached hydrogen (secondary N) is 2. The Hall–Kier alpha value is -2.53. The fraction of sp³-hybridized carbons (Fsp3) is 0.375. The van der Waals surface area contributed by atoms with Gasteiger partial charge in [0.15, 0.2) is 10.9 Å². The van der Waals surface area contributed by atoms with Crippen molar-refractivity contribution in [3.63, 3.8) is 0 Å². The van der Waals surface area contributed by atoms with Crippen molar-refractivity contribution in [1.29, 1.82) is 0 Å². The van der Waals surface area contributed by atoms with E-state index in [2.05, 4.69) is 25.8 Å². The van der Waals surface area contributed by atoms with Gasteiger partial charge in [0.2, 0.25) is 11.8 Å². The Labute approximate surface area is 164 Å². The molecule has 11 heteroatoms. The van der Waals surface area contributed by atoms with Crippen LogP contribution in [0.2, 0.25) is 0 Å². The van der Waals surface area contributed by atoms with Gasteiger partial charge >= 0.3 is 5.97 Å². The van der Waals surface area contributed by atoms with Crippen LogP contribution in [-0.2, 0) is 25.5 Å². The Morgan fingerprint density at radius 3 is 2.63 bits per heavy atom. The predicted octanol–water partition coefficient (Wildman–Crippen LogP) is 2.12. The molecule has 0 unspecified atom stereocenters. The second kappa shape index (κ2) is 10.6. The number of hydrogen-bond acceptors (Lipinski definition) is 9. The van der Waals surface area contributed by atoms with Crippen molar-refractivity contribution < 1.29 is 19.1 Å². The topological polar surface area (TPSA) is 123 Å². The zero-order valence-electron chi connectivity index (χ0n) is 14.9. The summed E-state index contributed by atoms with van der Waals surface area (Å²) in [6.45, 7) is 3.80. The zero-order chi connectivity index (χ0) is 19.6. The normalized spacial score (nSPS) is 10.3. The first kappa shape index (κ1) is 20.8. The van der Waals surface area contributed by atoms with Gasteiger partial charge in [0, 0.05) is 11.8 Å². The van der Waals surface area contributed by atoms with E-state index in [4.69, 9.17) is 4.74 Å². The number of aromatic nitrogens is 3. The molecule has 0 aromatic carbocycles. The van der Waals surface area contributed by atoms with Crippen LogP contribution < -0.4 is 10.6 Å². The summed E-state index contributed by atoms with van der Waals surface area (Å²) < 4.78 is 4.86. The second-order valence-corrected chi connectivity index (χ2v) is 6.97. The summed E-state index contributed by atoms with van der Waals surface area (Å²) in [5.41, 5.74) is 0.553. The first-order valence-electron chi connectivity index (χ1n) is 8.16. The van der Waals surface area contributed by atoms with Gasteiger partial charge in [-0.2, -0.15) is 0 Å². The first-order chi connectivity index (χ1) is 13.0. The minimum absolute atomic E-state index is 0.0749. The van der Waals surface area contributed by atoms with E-state index in [1.54, 1.807) is 31.4 Å². The van der Waals surface area contributed by atoms with Gasteiger partial charge in [-0.25, -0.2) is 4.98 Å². The molecule has 0 radical (unpaired) electrons. The van der Waals surface area contributed by atoms with E-state index in [0.29, 0.717) is 34.7 Å². The lowest BCUT2D eigenvalue weighted by Crippen LogP contribution is -2.14. The standard InChI is InChI=1S/C16H19N5O4S2/c1-3-12(22)18-11-5-6-14(21-20-11)26-9-13(23)19-16-17-10(8-27-16)7-15(24)25-4-2/h5-6,8H,3-4,7,9H2,1-2H3,(H,17,19,23)(H,18,20,22). The molecule has 0 aliphatic carbocycles. The van der Waals surface area contributed by atoms with Crippen LogP contribution >= 0.6 is 23.1 Å². The maximum absolute atomic E-state index is 12.0. The molecule has 0 aliphatic heterocycles. The third kappa shape index (κ3) is 7.31. The lowest BCUT2D eigenvalue weighted by molar-refractivity contribution is -0.142. The van der Waals surface area contributed by atoms with Crippen LogP contribution in [0.4, 0.5) is 10.9 Å². The summed E-state index contributed by atoms with van der Waals surface area (Å²) in [5, 5.41) is 15.8. The molecule has 0 saturated carbocycles. The van der Waals surface area contributed by atoms with Crippen molar-refractivity contribution in [1.82, 2.24) is 15.2 Å². The van der Waals surface area contributed by atoms with Crippen molar-refractivity contribution in [3.8, 4) is 0 Å². The number of rotatable bonds is 9. The highest BCUT2D eigenvalue weighted by Crippen LogP contribution is 2.19. The van der Waals surface area contributed by atoms with Gasteiger partial charge < -0.3 is 15.4 Å². The van der Waals surface area contributed by atoms with Crippen LogP contribution in [-0.4, -0.2) is 45.3 Å². The van der Waals surface area contributed by atoms with E-state index in [9.17, 15) is 14.4 Å². The summed E-state index contributed by atoms with van der Waals surface area (Å²) in [7, 11) is 0. The molecular formula is C16H19N5O4S2. The number of carbonyl (C=O) groups excluding carboxylic acids is 3. The number of hydrogen-bond donors (Lipinski definition) is 2. The van der Waals surface area contributed by atoms with Gasteiger partial charge in [-0.3, -0.25) is 14.4 Å². The largest absolute Gasteiger partial charge is 0.466 e. The molecule has 2 rings (SSSR count). The summed E-state index contributed by atoms with van der Waals surface area (Å²) >= 11 is 2.45. The number of nitrogens with zero attached hydrogens (tertiary/aromatic N) is 3. The van der Waals surface area contributed by atoms with Gasteiger partial charge in [0.05, 0.1) is 24.5 Å². The monoisotopic (exact) mass is 409 g/mol. The second-order valence-electron chi connectivity index (χ2n) is 5.12. The smallest absolute Gasteiger partial charge is 0.311 e. The van der Waals surface area contributed by atoms with Gasteiger partial charge in [0.25, 0.3) is 0 Å². The molecule has 144 valence electrons. The van der Waals surface area contributed by atoms with Crippen LogP contribution in [0.1, 0.15) is 26.0 Å². The Bertz CT molecular complexity index is 794. The molecule has 9 nitrogen and oxygen atoms in total. The quantitative estimate of drug-likeness (QED) is 0.477. The fourth-order valence-electron chi connectivity index (χ4n) is 1.80. The fourth-order valence-corrected chi connectivity index (χ4v) is 3.14. The molecule has 0 saturated heterocycles. The molecule has 2 heterocycles. The SMILES string of the molecule is CCOC(=O)Cc1csc(NC(=O)CSc2ccc(NC(=O)CC)nn2)n1. The number of esters is 1. The molecule has 0 aliphatic rings. The number of carbonyl (C=O) groups is 3. The minimum Gasteiger partial charge on any atom is -0.466 e. The van der Waals surface area contributed by atoms with E-state index in [1.807, 2.05) is 0 Å². The molecule has 0 fully saturated rings. The van der Waals surface area contributed by atoms with E-state index >= 15 is 0 Å². The predicted molar refractivity (Wildman–Crippen MR) is 103 cm³/mol. The maximum atomic E-state index is 12.0. The third-order valence-electron chi connectivity index (χ3n) is 3.01. The molecular weight excluding hydrogens is 390 g/mol. The molecule has 2 N–H and O–H groups in total. The molecule has 2 aromatic heterocycles. The lowest BCUT2D eigenvalue weighted by atomic mass is 10.3. The molecule has 0 spiro atoms. The Morgan fingerprint density at radius 1 is 1.15 bits per heavy atom. The van der Waals surface area contributed by atoms with Gasteiger partial charge in [0.1, 0.15) is 5.03 Å². The average Bonchev–Trinajstić information content (AvgIpc) is 3.07. The summed E-state index contributed by atoms with van der Waals surface area (Å²) in [6.07, 6.45) is 0.433. The third-order valence-corrected chi connectivity index (χ3v) is 4.74. The highest BCUT2D eigenvalue weighted by atomic mass is 32.2. The van der Waals surface area contributed by atoms with Gasteiger partial charge in [-0.1, -0.05) is 18.7 Å². The summed E-state index contributed by atoms with van der Waals surface area (Å²) in [6, 6.07) is 3.31. The molecule has 27 heavy (non-hydrogen) atoms. The summed E-state index contributed by atoms with van der Waals surface area (Å²) in [4.78, 5) is 38.9. The number of thioether (sulfide) groups is 1. The van der Waals surface area contributed by atoms with Crippen LogP contribution in [0, 0.1) is 0 Å². The van der Waals surface area contributed by atoms with Gasteiger partial charge in [-0.15, -0.1) is 21.5 Å². The van der Waals surface area contributed by atoms with Crippen molar-refractivity contribution in [2.45, 2.75) is 31.7 Å². The van der Waals surface area contributed by atoms with Crippen LogP contribution in [0.15, 0.2) is 22.5 Å². The molecule has 0 atom stereocenters. The number of amides is 2. The highest BCUT2D eigenvalue weighted by Gasteiger charge is 2.11. The number of anilines is 2. The van der Waals surface area contributed by atoms with Crippen molar-refractivity contribution in [3.05, 3.63) is 23.2 Å². The Kier molecular flexibility index (Phi) is 8.14. The maximum Gasteiger partial charge on any atom is 0.311 e. The Morgan fingerprint density at radius 2 is 1.96 bits per heavy atom. The van der Waals surface area contributed by atoms with Gasteiger partial charge in [-0.05, 0) is 19.1 Å². The number of thiazole rings is 1. The summed E-state index contributed by atoms with van der Waals surface area (Å²) in [5.74, 6) is -0.250. The lowest BCUT2D eigenvalue weighted by Gasteiger charge is -2.03. The van der Waals surface area contributed by atoms with E-state index in [0.717, 1.165) is 0 Å². The molecule has 2 amide bonds. The van der Waals surface area contributed by atoms with Crippen molar-refractivity contribution in [2.24, 2.45) is 0 Å². The van der Waals surface area contributed by atoms with E-state index in [1.165, 1.54) is 23.1 Å². The van der Waals surface area contributed by atoms with Crippen LogP contribution in [0.3, 0.4) is 0 Å².